The van der Waals surface area contributed by atoms with Gasteiger partial charge in [0.05, 0.1) is 0 Å². The predicted octanol–water partition coefficient (Wildman–Crippen LogP) is 0.607. The molecule has 0 aliphatic carbocycles. The van der Waals surface area contributed by atoms with Crippen LogP contribution in [-0.4, -0.2) is 26.3 Å². The van der Waals surface area contributed by atoms with Gasteiger partial charge >= 0.3 is 11.7 Å². The van der Waals surface area contributed by atoms with Crippen LogP contribution < -0.4 is 11.0 Å². The minimum Gasteiger partial charge on any atom is -0.476 e. The van der Waals surface area contributed by atoms with Gasteiger partial charge in [0.1, 0.15) is 0 Å². The summed E-state index contributed by atoms with van der Waals surface area (Å²) >= 11 is 0. The molecule has 0 saturated heterocycles. The van der Waals surface area contributed by atoms with Gasteiger partial charge in [-0.2, -0.15) is 10.1 Å². The fourth-order valence-corrected chi connectivity index (χ4v) is 1.23. The van der Waals surface area contributed by atoms with Gasteiger partial charge in [-0.05, 0) is 12.1 Å². The van der Waals surface area contributed by atoms with Gasteiger partial charge in [-0.15, -0.1) is 0 Å². The van der Waals surface area contributed by atoms with Crippen LogP contribution in [0.1, 0.15) is 10.5 Å². The minimum atomic E-state index is -1.27. The van der Waals surface area contributed by atoms with Crippen molar-refractivity contribution in [3.8, 4) is 0 Å². The number of benzene rings is 1. The van der Waals surface area contributed by atoms with E-state index in [1.54, 1.807) is 24.3 Å². The van der Waals surface area contributed by atoms with Crippen molar-refractivity contribution in [2.24, 2.45) is 0 Å². The van der Waals surface area contributed by atoms with E-state index in [0.29, 0.717) is 5.69 Å². The molecule has 17 heavy (non-hydrogen) atoms. The monoisotopic (exact) mass is 232 g/mol. The van der Waals surface area contributed by atoms with Gasteiger partial charge < -0.3 is 10.4 Å². The quantitative estimate of drug-likeness (QED) is 0.715. The van der Waals surface area contributed by atoms with Crippen LogP contribution in [0, 0.1) is 0 Å². The standard InChI is InChI=1S/C10H8N4O3/c15-9(16)7-8(12-10(17)14-13-7)11-6-4-2-1-3-5-6/h1-5H,(H,15,16)(H2,11,12,14,17). The highest BCUT2D eigenvalue weighted by molar-refractivity contribution is 5.91. The molecule has 0 saturated carbocycles. The summed E-state index contributed by atoms with van der Waals surface area (Å²) in [6.45, 7) is 0. The molecule has 0 atom stereocenters. The third kappa shape index (κ3) is 2.46. The number of rotatable bonds is 3. The summed E-state index contributed by atoms with van der Waals surface area (Å²) in [7, 11) is 0. The van der Waals surface area contributed by atoms with Crippen molar-refractivity contribution in [3.05, 3.63) is 46.5 Å². The van der Waals surface area contributed by atoms with Gasteiger partial charge in [-0.25, -0.2) is 14.7 Å². The first-order valence-corrected chi connectivity index (χ1v) is 4.69. The Hall–Kier alpha value is -2.70. The number of hydrogen-bond donors (Lipinski definition) is 3. The molecule has 0 aliphatic rings. The Kier molecular flexibility index (Phi) is 2.82. The normalized spacial score (nSPS) is 9.88. The molecule has 0 spiro atoms. The molecular formula is C10H8N4O3. The highest BCUT2D eigenvalue weighted by Crippen LogP contribution is 2.14. The molecule has 2 rings (SSSR count). The number of aromatic nitrogens is 3. The van der Waals surface area contributed by atoms with E-state index in [-0.39, 0.29) is 11.5 Å². The van der Waals surface area contributed by atoms with Crippen LogP contribution in [0.15, 0.2) is 35.1 Å². The molecule has 1 heterocycles. The second-order valence-electron chi connectivity index (χ2n) is 3.13. The molecule has 0 radical (unpaired) electrons. The Morgan fingerprint density at radius 2 is 2.00 bits per heavy atom. The van der Waals surface area contributed by atoms with Crippen LogP contribution in [0.3, 0.4) is 0 Å². The van der Waals surface area contributed by atoms with E-state index in [4.69, 9.17) is 5.11 Å². The predicted molar refractivity (Wildman–Crippen MR) is 59.3 cm³/mol. The van der Waals surface area contributed by atoms with Crippen LogP contribution in [0.5, 0.6) is 0 Å². The zero-order valence-corrected chi connectivity index (χ0v) is 8.54. The SMILES string of the molecule is O=C(O)c1n[nH]c(=O)nc1Nc1ccccc1. The molecule has 0 amide bonds. The van der Waals surface area contributed by atoms with Crippen molar-refractivity contribution < 1.29 is 9.90 Å². The van der Waals surface area contributed by atoms with Crippen LogP contribution >= 0.6 is 0 Å². The van der Waals surface area contributed by atoms with Gasteiger partial charge in [-0.1, -0.05) is 18.2 Å². The lowest BCUT2D eigenvalue weighted by molar-refractivity contribution is 0.0690. The van der Waals surface area contributed by atoms with Gasteiger partial charge in [0.15, 0.2) is 5.82 Å². The largest absolute Gasteiger partial charge is 0.476 e. The van der Waals surface area contributed by atoms with E-state index in [2.05, 4.69) is 15.4 Å². The molecule has 0 aliphatic heterocycles. The Morgan fingerprint density at radius 3 is 2.65 bits per heavy atom. The number of nitrogens with zero attached hydrogens (tertiary/aromatic N) is 2. The number of hydrogen-bond acceptors (Lipinski definition) is 5. The molecule has 3 N–H and O–H groups in total. The Labute approximate surface area is 95.1 Å². The van der Waals surface area contributed by atoms with Crippen LogP contribution in [-0.2, 0) is 0 Å². The summed E-state index contributed by atoms with van der Waals surface area (Å²) in [5.74, 6) is -1.36. The molecule has 1 aromatic heterocycles. The van der Waals surface area contributed by atoms with Crippen molar-refractivity contribution >= 4 is 17.5 Å². The summed E-state index contributed by atoms with van der Waals surface area (Å²) < 4.78 is 0. The highest BCUT2D eigenvalue weighted by atomic mass is 16.4. The van der Waals surface area contributed by atoms with E-state index in [1.165, 1.54) is 0 Å². The number of aromatic amines is 1. The Bertz CT molecular complexity index is 594. The van der Waals surface area contributed by atoms with Crippen molar-refractivity contribution in [1.29, 1.82) is 0 Å². The van der Waals surface area contributed by atoms with Crippen molar-refractivity contribution in [3.63, 3.8) is 0 Å². The molecular weight excluding hydrogens is 224 g/mol. The Balaban J connectivity index is 2.41. The maximum absolute atomic E-state index is 11.0. The molecule has 7 nitrogen and oxygen atoms in total. The molecule has 0 fully saturated rings. The van der Waals surface area contributed by atoms with Gasteiger partial charge in [-0.3, -0.25) is 0 Å². The first kappa shape index (κ1) is 10.8. The molecule has 0 bridgehead atoms. The van der Waals surface area contributed by atoms with E-state index >= 15 is 0 Å². The number of anilines is 2. The van der Waals surface area contributed by atoms with Crippen LogP contribution in [0.25, 0.3) is 0 Å². The zero-order chi connectivity index (χ0) is 12.3. The summed E-state index contributed by atoms with van der Waals surface area (Å²) in [5.41, 5.74) is -0.434. The highest BCUT2D eigenvalue weighted by Gasteiger charge is 2.14. The Morgan fingerprint density at radius 1 is 1.29 bits per heavy atom. The van der Waals surface area contributed by atoms with E-state index in [0.717, 1.165) is 0 Å². The first-order chi connectivity index (χ1) is 8.16. The van der Waals surface area contributed by atoms with Gasteiger partial charge in [0.25, 0.3) is 0 Å². The topological polar surface area (TPSA) is 108 Å². The third-order valence-electron chi connectivity index (χ3n) is 1.94. The fraction of sp³-hybridized carbons (Fsp3) is 0. The summed E-state index contributed by atoms with van der Waals surface area (Å²) in [5, 5.41) is 17.0. The smallest absolute Gasteiger partial charge is 0.363 e. The number of aromatic carboxylic acids is 1. The molecule has 1 aromatic carbocycles. The summed E-state index contributed by atoms with van der Waals surface area (Å²) in [6.07, 6.45) is 0. The number of H-pyrrole nitrogens is 1. The number of para-hydroxylation sites is 1. The number of carbonyl (C=O) groups is 1. The van der Waals surface area contributed by atoms with Crippen molar-refractivity contribution in [1.82, 2.24) is 15.2 Å². The summed E-state index contributed by atoms with van der Waals surface area (Å²) in [4.78, 5) is 25.4. The maximum Gasteiger partial charge on any atom is 0.363 e. The first-order valence-electron chi connectivity index (χ1n) is 4.69. The lowest BCUT2D eigenvalue weighted by Gasteiger charge is -2.05. The van der Waals surface area contributed by atoms with E-state index in [1.807, 2.05) is 11.2 Å². The zero-order valence-electron chi connectivity index (χ0n) is 8.54. The minimum absolute atomic E-state index is 0.0903. The molecule has 2 aromatic rings. The summed E-state index contributed by atoms with van der Waals surface area (Å²) in [6, 6.07) is 8.78. The number of carboxylic acids is 1. The van der Waals surface area contributed by atoms with Crippen molar-refractivity contribution in [2.75, 3.05) is 5.32 Å². The maximum atomic E-state index is 11.0. The van der Waals surface area contributed by atoms with Crippen LogP contribution in [0.2, 0.25) is 0 Å². The van der Waals surface area contributed by atoms with E-state index < -0.39 is 11.7 Å². The van der Waals surface area contributed by atoms with Gasteiger partial charge in [0.2, 0.25) is 5.69 Å². The molecule has 0 unspecified atom stereocenters. The third-order valence-corrected chi connectivity index (χ3v) is 1.94. The van der Waals surface area contributed by atoms with Crippen LogP contribution in [0.4, 0.5) is 11.5 Å². The fourth-order valence-electron chi connectivity index (χ4n) is 1.23. The lowest BCUT2D eigenvalue weighted by Crippen LogP contribution is -2.19. The second-order valence-corrected chi connectivity index (χ2v) is 3.13. The van der Waals surface area contributed by atoms with Crippen molar-refractivity contribution in [2.45, 2.75) is 0 Å². The van der Waals surface area contributed by atoms with E-state index in [9.17, 15) is 9.59 Å². The lowest BCUT2D eigenvalue weighted by atomic mass is 10.3. The number of carboxylic acid groups (broad SMARTS) is 1. The average Bonchev–Trinajstić information content (AvgIpc) is 2.30. The number of nitrogens with one attached hydrogen (secondary N) is 2. The van der Waals surface area contributed by atoms with Gasteiger partial charge in [0, 0.05) is 5.69 Å². The average molecular weight is 232 g/mol. The second kappa shape index (κ2) is 4.44. The molecule has 86 valence electrons. The molecule has 7 heteroatoms.